The quantitative estimate of drug-likeness (QED) is 0.583. The molecule has 2 N–H and O–H groups in total. The number of carbonyl (C=O) groups is 1. The molecular weight excluding hydrogens is 226 g/mol. The zero-order chi connectivity index (χ0) is 14.0. The molecule has 0 aliphatic heterocycles. The highest BCUT2D eigenvalue weighted by atomic mass is 16.1. The van der Waals surface area contributed by atoms with Gasteiger partial charge in [-0.1, -0.05) is 26.7 Å². The Morgan fingerprint density at radius 1 is 1.22 bits per heavy atom. The molecule has 0 radical (unpaired) electrons. The molecule has 0 fully saturated rings. The van der Waals surface area contributed by atoms with Crippen LogP contribution in [0.25, 0.3) is 0 Å². The van der Waals surface area contributed by atoms with Crippen LogP contribution in [0.2, 0.25) is 0 Å². The predicted octanol–water partition coefficient (Wildman–Crippen LogP) is 1.47. The molecule has 4 heteroatoms. The molecule has 0 aliphatic rings. The van der Waals surface area contributed by atoms with Crippen molar-refractivity contribution in [3.05, 3.63) is 0 Å². The van der Waals surface area contributed by atoms with Gasteiger partial charge in [-0.25, -0.2) is 0 Å². The van der Waals surface area contributed by atoms with Crippen molar-refractivity contribution in [3.8, 4) is 0 Å². The summed E-state index contributed by atoms with van der Waals surface area (Å²) in [4.78, 5) is 13.9. The molecular formula is C14H31N3O. The second kappa shape index (κ2) is 10.3. The summed E-state index contributed by atoms with van der Waals surface area (Å²) in [5.41, 5.74) is 0. The van der Waals surface area contributed by atoms with Crippen LogP contribution in [0.15, 0.2) is 0 Å². The summed E-state index contributed by atoms with van der Waals surface area (Å²) < 4.78 is 0. The van der Waals surface area contributed by atoms with E-state index in [1.165, 1.54) is 0 Å². The van der Waals surface area contributed by atoms with Crippen molar-refractivity contribution < 1.29 is 4.79 Å². The number of nitrogens with zero attached hydrogens (tertiary/aromatic N) is 1. The Bertz CT molecular complexity index is 215. The lowest BCUT2D eigenvalue weighted by Gasteiger charge is -2.31. The van der Waals surface area contributed by atoms with Gasteiger partial charge >= 0.3 is 0 Å². The summed E-state index contributed by atoms with van der Waals surface area (Å²) in [7, 11) is 6.10. The van der Waals surface area contributed by atoms with Crippen molar-refractivity contribution in [1.82, 2.24) is 15.5 Å². The van der Waals surface area contributed by atoms with E-state index in [2.05, 4.69) is 43.5 Å². The number of carbonyl (C=O) groups excluding carboxylic acids is 1. The van der Waals surface area contributed by atoms with Gasteiger partial charge in [0.1, 0.15) is 0 Å². The minimum Gasteiger partial charge on any atom is -0.355 e. The van der Waals surface area contributed by atoms with Crippen LogP contribution < -0.4 is 10.6 Å². The molecule has 1 amide bonds. The number of amides is 1. The van der Waals surface area contributed by atoms with Gasteiger partial charge < -0.3 is 15.5 Å². The molecule has 0 rings (SSSR count). The fourth-order valence-electron chi connectivity index (χ4n) is 2.34. The smallest absolute Gasteiger partial charge is 0.220 e. The van der Waals surface area contributed by atoms with Crippen LogP contribution in [-0.2, 0) is 4.79 Å². The molecule has 18 heavy (non-hydrogen) atoms. The van der Waals surface area contributed by atoms with E-state index in [0.29, 0.717) is 18.4 Å². The molecule has 0 bridgehead atoms. The normalized spacial score (nSPS) is 13.1. The first-order valence-electron chi connectivity index (χ1n) is 7.14. The number of rotatable bonds is 10. The van der Waals surface area contributed by atoms with Gasteiger partial charge in [0.05, 0.1) is 0 Å². The van der Waals surface area contributed by atoms with Crippen molar-refractivity contribution in [2.75, 3.05) is 34.2 Å². The topological polar surface area (TPSA) is 44.4 Å². The van der Waals surface area contributed by atoms with Gasteiger partial charge in [-0.2, -0.15) is 0 Å². The highest BCUT2D eigenvalue weighted by Gasteiger charge is 2.20. The first-order valence-corrected chi connectivity index (χ1v) is 7.14. The highest BCUT2D eigenvalue weighted by molar-refractivity contribution is 5.75. The number of nitrogens with one attached hydrogen (secondary N) is 2. The molecule has 0 aromatic carbocycles. The lowest BCUT2D eigenvalue weighted by molar-refractivity contribution is -0.121. The van der Waals surface area contributed by atoms with Crippen LogP contribution in [-0.4, -0.2) is 51.1 Å². The maximum Gasteiger partial charge on any atom is 0.220 e. The van der Waals surface area contributed by atoms with Crippen molar-refractivity contribution in [2.45, 2.75) is 45.6 Å². The molecule has 0 saturated carbocycles. The van der Waals surface area contributed by atoms with E-state index < -0.39 is 0 Å². The third kappa shape index (κ3) is 6.97. The molecule has 1 unspecified atom stereocenters. The van der Waals surface area contributed by atoms with E-state index in [4.69, 9.17) is 0 Å². The first-order chi connectivity index (χ1) is 8.56. The zero-order valence-corrected chi connectivity index (χ0v) is 12.8. The Hall–Kier alpha value is -0.610. The summed E-state index contributed by atoms with van der Waals surface area (Å²) in [6.45, 7) is 6.10. The summed E-state index contributed by atoms with van der Waals surface area (Å²) in [6, 6.07) is 0.438. The molecule has 4 nitrogen and oxygen atoms in total. The van der Waals surface area contributed by atoms with E-state index in [1.54, 1.807) is 0 Å². The van der Waals surface area contributed by atoms with Crippen LogP contribution in [0, 0.1) is 5.92 Å². The van der Waals surface area contributed by atoms with E-state index in [1.807, 2.05) is 7.05 Å². The Balaban J connectivity index is 4.07. The predicted molar refractivity (Wildman–Crippen MR) is 77.7 cm³/mol. The second-order valence-corrected chi connectivity index (χ2v) is 5.12. The van der Waals surface area contributed by atoms with E-state index in [-0.39, 0.29) is 5.91 Å². The summed E-state index contributed by atoms with van der Waals surface area (Å²) >= 11 is 0. The minimum absolute atomic E-state index is 0.169. The van der Waals surface area contributed by atoms with E-state index in [0.717, 1.165) is 32.4 Å². The minimum atomic E-state index is 0.169. The number of likely N-dealkylation sites (N-methyl/N-ethyl adjacent to an activating group) is 1. The molecule has 0 heterocycles. The van der Waals surface area contributed by atoms with E-state index in [9.17, 15) is 4.79 Å². The fourth-order valence-corrected chi connectivity index (χ4v) is 2.34. The summed E-state index contributed by atoms with van der Waals surface area (Å²) in [6.07, 6.45) is 3.84. The monoisotopic (exact) mass is 257 g/mol. The Kier molecular flexibility index (Phi) is 9.98. The third-order valence-corrected chi connectivity index (χ3v) is 3.60. The fraction of sp³-hybridized carbons (Fsp3) is 0.929. The third-order valence-electron chi connectivity index (χ3n) is 3.60. The summed E-state index contributed by atoms with van der Waals surface area (Å²) in [5.74, 6) is 0.820. The SMILES string of the molecule is CCC(CC)C(CNC(=O)CCCNC)N(C)C. The van der Waals surface area contributed by atoms with Crippen LogP contribution in [0.4, 0.5) is 0 Å². The average Bonchev–Trinajstić information content (AvgIpc) is 2.34. The lowest BCUT2D eigenvalue weighted by atomic mass is 9.93. The largest absolute Gasteiger partial charge is 0.355 e. The van der Waals surface area contributed by atoms with Gasteiger partial charge in [0, 0.05) is 19.0 Å². The molecule has 0 aromatic heterocycles. The Morgan fingerprint density at radius 2 is 1.83 bits per heavy atom. The van der Waals surface area contributed by atoms with Gasteiger partial charge in [-0.15, -0.1) is 0 Å². The molecule has 0 aromatic rings. The number of hydrogen-bond donors (Lipinski definition) is 2. The van der Waals surface area contributed by atoms with Crippen molar-refractivity contribution >= 4 is 5.91 Å². The Labute approximate surface area is 113 Å². The lowest BCUT2D eigenvalue weighted by Crippen LogP contribution is -2.44. The van der Waals surface area contributed by atoms with Gasteiger partial charge in [0.15, 0.2) is 0 Å². The van der Waals surface area contributed by atoms with Crippen molar-refractivity contribution in [1.29, 1.82) is 0 Å². The Morgan fingerprint density at radius 3 is 2.28 bits per heavy atom. The summed E-state index contributed by atoms with van der Waals surface area (Å²) in [5, 5.41) is 6.12. The maximum absolute atomic E-state index is 11.7. The molecule has 1 atom stereocenters. The van der Waals surface area contributed by atoms with Crippen LogP contribution in [0.1, 0.15) is 39.5 Å². The van der Waals surface area contributed by atoms with Gasteiger partial charge in [-0.05, 0) is 40.0 Å². The van der Waals surface area contributed by atoms with Crippen molar-refractivity contribution in [2.24, 2.45) is 5.92 Å². The first kappa shape index (κ1) is 17.4. The average molecular weight is 257 g/mol. The molecule has 0 spiro atoms. The second-order valence-electron chi connectivity index (χ2n) is 5.12. The van der Waals surface area contributed by atoms with Crippen molar-refractivity contribution in [3.63, 3.8) is 0 Å². The highest BCUT2D eigenvalue weighted by Crippen LogP contribution is 2.16. The van der Waals surface area contributed by atoms with E-state index >= 15 is 0 Å². The zero-order valence-electron chi connectivity index (χ0n) is 12.8. The molecule has 108 valence electrons. The van der Waals surface area contributed by atoms with Crippen LogP contribution in [0.3, 0.4) is 0 Å². The maximum atomic E-state index is 11.7. The standard InChI is InChI=1S/C14H31N3O/c1-6-12(7-2)13(17(4)5)11-16-14(18)9-8-10-15-3/h12-13,15H,6-11H2,1-5H3,(H,16,18). The molecule has 0 saturated heterocycles. The molecule has 0 aliphatic carbocycles. The van der Waals surface area contributed by atoms with Gasteiger partial charge in [-0.3, -0.25) is 4.79 Å². The van der Waals surface area contributed by atoms with Gasteiger partial charge in [0.2, 0.25) is 5.91 Å². The van der Waals surface area contributed by atoms with Crippen LogP contribution in [0.5, 0.6) is 0 Å². The van der Waals surface area contributed by atoms with Crippen LogP contribution >= 0.6 is 0 Å². The number of hydrogen-bond acceptors (Lipinski definition) is 3. The van der Waals surface area contributed by atoms with Gasteiger partial charge in [0.25, 0.3) is 0 Å².